The highest BCUT2D eigenvalue weighted by molar-refractivity contribution is 5.94. The fourth-order valence-electron chi connectivity index (χ4n) is 6.26. The summed E-state index contributed by atoms with van der Waals surface area (Å²) in [5.74, 6) is 1.49. The maximum atomic E-state index is 13.4. The number of nitrogens with one attached hydrogen (secondary N) is 2. The summed E-state index contributed by atoms with van der Waals surface area (Å²) in [6.07, 6.45) is 13.5. The number of rotatable bonds is 10. The number of aromatic nitrogens is 4. The molecule has 2 aliphatic heterocycles. The van der Waals surface area contributed by atoms with Crippen molar-refractivity contribution in [1.82, 2.24) is 34.6 Å². The average Bonchev–Trinajstić information content (AvgIpc) is 3.70. The van der Waals surface area contributed by atoms with Crippen LogP contribution in [0.2, 0.25) is 0 Å². The molecular weight excluding hydrogens is 462 g/mol. The van der Waals surface area contributed by atoms with Crippen molar-refractivity contribution in [2.24, 2.45) is 5.41 Å². The summed E-state index contributed by atoms with van der Waals surface area (Å²) in [5, 5.41) is 0. The topological polar surface area (TPSA) is 84.2 Å². The summed E-state index contributed by atoms with van der Waals surface area (Å²) >= 11 is 0. The van der Waals surface area contributed by atoms with Crippen molar-refractivity contribution >= 4 is 5.91 Å². The molecule has 1 spiro atoms. The molecule has 0 bridgehead atoms. The van der Waals surface area contributed by atoms with E-state index in [0.717, 1.165) is 24.2 Å². The zero-order valence-corrected chi connectivity index (χ0v) is 22.3. The second-order valence-corrected chi connectivity index (χ2v) is 10.9. The molecule has 4 heterocycles. The van der Waals surface area contributed by atoms with E-state index in [1.807, 2.05) is 12.1 Å². The molecule has 5 rings (SSSR count). The number of H-pyrrole nitrogens is 2. The predicted octanol–water partition coefficient (Wildman–Crippen LogP) is 4.45. The van der Waals surface area contributed by atoms with Gasteiger partial charge >= 0.3 is 0 Å². The van der Waals surface area contributed by atoms with Crippen LogP contribution in [0.1, 0.15) is 73.5 Å². The Labute approximate surface area is 220 Å². The van der Waals surface area contributed by atoms with Crippen LogP contribution < -0.4 is 0 Å². The second-order valence-electron chi connectivity index (χ2n) is 10.9. The van der Waals surface area contributed by atoms with Gasteiger partial charge in [-0.3, -0.25) is 9.69 Å². The van der Waals surface area contributed by atoms with Gasteiger partial charge < -0.3 is 19.8 Å². The minimum atomic E-state index is -0.0244. The molecule has 8 heteroatoms. The Kier molecular flexibility index (Phi) is 8.05. The van der Waals surface area contributed by atoms with Crippen molar-refractivity contribution in [2.75, 3.05) is 26.2 Å². The Hall–Kier alpha value is -2.97. The van der Waals surface area contributed by atoms with Crippen LogP contribution >= 0.6 is 0 Å². The molecule has 198 valence electrons. The van der Waals surface area contributed by atoms with Gasteiger partial charge in [-0.15, -0.1) is 0 Å². The SMILES string of the molecule is CCC(CC)N1CCC2(CCN(Cc3ccc(C(=O)N(Cc4ncc[nH]4)Cc4ncc[nH]4)cc3)C2)CC1. The maximum Gasteiger partial charge on any atom is 0.254 e. The Morgan fingerprint density at radius 1 is 0.946 bits per heavy atom. The summed E-state index contributed by atoms with van der Waals surface area (Å²) < 4.78 is 0. The Bertz CT molecular complexity index is 1060. The molecule has 0 saturated carbocycles. The van der Waals surface area contributed by atoms with Crippen molar-refractivity contribution in [3.63, 3.8) is 0 Å². The first-order valence-corrected chi connectivity index (χ1v) is 13.9. The van der Waals surface area contributed by atoms with E-state index in [0.29, 0.717) is 24.1 Å². The number of hydrogen-bond donors (Lipinski definition) is 2. The number of benzene rings is 1. The minimum Gasteiger partial charge on any atom is -0.347 e. The fourth-order valence-corrected chi connectivity index (χ4v) is 6.26. The smallest absolute Gasteiger partial charge is 0.254 e. The zero-order valence-electron chi connectivity index (χ0n) is 22.3. The van der Waals surface area contributed by atoms with E-state index in [1.165, 1.54) is 63.8 Å². The average molecular weight is 504 g/mol. The molecule has 3 aromatic rings. The number of carbonyl (C=O) groups is 1. The van der Waals surface area contributed by atoms with Crippen LogP contribution in [-0.2, 0) is 19.6 Å². The standard InChI is InChI=1S/C29H41N7O/c1-3-25(4-2)35-17-10-29(11-18-35)9-16-34(22-29)19-23-5-7-24(8-6-23)28(37)36(20-26-30-12-13-31-26)21-27-32-14-15-33-27/h5-8,12-15,25H,3-4,9-11,16-22H2,1-2H3,(H,30,31)(H,32,33). The largest absolute Gasteiger partial charge is 0.347 e. The van der Waals surface area contributed by atoms with Gasteiger partial charge in [-0.25, -0.2) is 9.97 Å². The highest BCUT2D eigenvalue weighted by Crippen LogP contribution is 2.41. The van der Waals surface area contributed by atoms with Gasteiger partial charge in [0.05, 0.1) is 13.1 Å². The van der Waals surface area contributed by atoms with Crippen LogP contribution in [0.15, 0.2) is 49.1 Å². The quantitative estimate of drug-likeness (QED) is 0.427. The van der Waals surface area contributed by atoms with E-state index in [-0.39, 0.29) is 5.91 Å². The highest BCUT2D eigenvalue weighted by atomic mass is 16.2. The van der Waals surface area contributed by atoms with Gasteiger partial charge in [-0.2, -0.15) is 0 Å². The van der Waals surface area contributed by atoms with Crippen LogP contribution in [-0.4, -0.2) is 72.8 Å². The minimum absolute atomic E-state index is 0.0244. The molecule has 1 amide bonds. The first-order chi connectivity index (χ1) is 18.1. The number of carbonyl (C=O) groups excluding carboxylic acids is 1. The van der Waals surface area contributed by atoms with Gasteiger partial charge in [0.15, 0.2) is 0 Å². The third kappa shape index (κ3) is 6.13. The lowest BCUT2D eigenvalue weighted by molar-refractivity contribution is 0.0721. The number of aromatic amines is 2. The summed E-state index contributed by atoms with van der Waals surface area (Å²) in [6.45, 7) is 11.3. The molecule has 2 fully saturated rings. The summed E-state index contributed by atoms with van der Waals surface area (Å²) in [5.41, 5.74) is 2.46. The first-order valence-electron chi connectivity index (χ1n) is 13.9. The molecule has 2 aromatic heterocycles. The molecular formula is C29H41N7O. The third-order valence-electron chi connectivity index (χ3n) is 8.52. The molecule has 2 saturated heterocycles. The molecule has 0 aliphatic carbocycles. The molecule has 0 atom stereocenters. The van der Waals surface area contributed by atoms with Gasteiger partial charge in [-0.1, -0.05) is 26.0 Å². The van der Waals surface area contributed by atoms with E-state index in [1.54, 1.807) is 29.7 Å². The predicted molar refractivity (Wildman–Crippen MR) is 145 cm³/mol. The second kappa shape index (κ2) is 11.6. The Morgan fingerprint density at radius 3 is 2.08 bits per heavy atom. The number of likely N-dealkylation sites (tertiary alicyclic amines) is 2. The Balaban J connectivity index is 1.17. The normalized spacial score (nSPS) is 18.1. The molecule has 0 radical (unpaired) electrons. The molecule has 2 N–H and O–H groups in total. The van der Waals surface area contributed by atoms with Crippen LogP contribution in [0, 0.1) is 5.41 Å². The van der Waals surface area contributed by atoms with Gasteiger partial charge in [0, 0.05) is 49.5 Å². The number of hydrogen-bond acceptors (Lipinski definition) is 5. The summed E-state index contributed by atoms with van der Waals surface area (Å²) in [6, 6.07) is 8.92. The van der Waals surface area contributed by atoms with Crippen LogP contribution in [0.4, 0.5) is 0 Å². The van der Waals surface area contributed by atoms with Crippen molar-refractivity contribution in [3.05, 3.63) is 71.8 Å². The molecule has 2 aliphatic rings. The summed E-state index contributed by atoms with van der Waals surface area (Å²) in [4.78, 5) is 35.3. The first kappa shape index (κ1) is 25.7. The molecule has 8 nitrogen and oxygen atoms in total. The van der Waals surface area contributed by atoms with Crippen molar-refractivity contribution in [1.29, 1.82) is 0 Å². The van der Waals surface area contributed by atoms with Crippen LogP contribution in [0.25, 0.3) is 0 Å². The number of piperidine rings is 1. The van der Waals surface area contributed by atoms with Gasteiger partial charge in [0.2, 0.25) is 0 Å². The van der Waals surface area contributed by atoms with Crippen LogP contribution in [0.5, 0.6) is 0 Å². The fraction of sp³-hybridized carbons (Fsp3) is 0.552. The molecule has 0 unspecified atom stereocenters. The van der Waals surface area contributed by atoms with Crippen LogP contribution in [0.3, 0.4) is 0 Å². The lowest BCUT2D eigenvalue weighted by Crippen LogP contribution is -2.45. The van der Waals surface area contributed by atoms with E-state index < -0.39 is 0 Å². The Morgan fingerprint density at radius 2 is 1.54 bits per heavy atom. The van der Waals surface area contributed by atoms with Gasteiger partial charge in [0.1, 0.15) is 11.6 Å². The van der Waals surface area contributed by atoms with E-state index in [9.17, 15) is 4.79 Å². The maximum absolute atomic E-state index is 13.4. The van der Waals surface area contributed by atoms with Crippen molar-refractivity contribution in [2.45, 2.75) is 71.6 Å². The number of nitrogens with zero attached hydrogens (tertiary/aromatic N) is 5. The molecule has 1 aromatic carbocycles. The summed E-state index contributed by atoms with van der Waals surface area (Å²) in [7, 11) is 0. The lowest BCUT2D eigenvalue weighted by atomic mass is 9.77. The molecule has 37 heavy (non-hydrogen) atoms. The van der Waals surface area contributed by atoms with Crippen molar-refractivity contribution < 1.29 is 4.79 Å². The number of amides is 1. The lowest BCUT2D eigenvalue weighted by Gasteiger charge is -2.42. The van der Waals surface area contributed by atoms with Crippen molar-refractivity contribution in [3.8, 4) is 0 Å². The zero-order chi connectivity index (χ0) is 25.7. The number of imidazole rings is 2. The monoisotopic (exact) mass is 503 g/mol. The van der Waals surface area contributed by atoms with Gasteiger partial charge in [0.25, 0.3) is 5.91 Å². The van der Waals surface area contributed by atoms with Gasteiger partial charge in [-0.05, 0) is 74.8 Å². The third-order valence-corrected chi connectivity index (χ3v) is 8.52. The van der Waals surface area contributed by atoms with E-state index in [2.05, 4.69) is 55.7 Å². The highest BCUT2D eigenvalue weighted by Gasteiger charge is 2.41. The van der Waals surface area contributed by atoms with E-state index in [4.69, 9.17) is 0 Å². The van der Waals surface area contributed by atoms with E-state index >= 15 is 0 Å².